The van der Waals surface area contributed by atoms with Gasteiger partial charge in [-0.2, -0.15) is 0 Å². The lowest BCUT2D eigenvalue weighted by Gasteiger charge is -2.35. The number of piperazine rings is 1. The number of hydrogen-bond acceptors (Lipinski definition) is 6. The predicted molar refractivity (Wildman–Crippen MR) is 136 cm³/mol. The number of carbonyl (C=O) groups excluding carboxylic acids is 2. The minimum Gasteiger partial charge on any atom is -0.444 e. The first-order valence-electron chi connectivity index (χ1n) is 12.1. The van der Waals surface area contributed by atoms with Gasteiger partial charge in [-0.3, -0.25) is 9.88 Å². The first-order valence-corrected chi connectivity index (χ1v) is 12.1. The fourth-order valence-corrected chi connectivity index (χ4v) is 3.70. The van der Waals surface area contributed by atoms with E-state index in [1.165, 1.54) is 5.56 Å². The number of carbonyl (C=O) groups is 2. The van der Waals surface area contributed by atoms with Crippen LogP contribution in [0.5, 0.6) is 0 Å². The number of rotatable bonds is 5. The van der Waals surface area contributed by atoms with Crippen molar-refractivity contribution in [1.29, 1.82) is 0 Å². The molecule has 1 aromatic carbocycles. The van der Waals surface area contributed by atoms with Crippen molar-refractivity contribution >= 4 is 12.2 Å². The molecule has 1 saturated heterocycles. The van der Waals surface area contributed by atoms with Gasteiger partial charge in [0.15, 0.2) is 0 Å². The molecule has 0 unspecified atom stereocenters. The van der Waals surface area contributed by atoms with Gasteiger partial charge in [0.2, 0.25) is 0 Å². The second kappa shape index (κ2) is 11.1. The van der Waals surface area contributed by atoms with Gasteiger partial charge in [-0.25, -0.2) is 9.59 Å². The Labute approximate surface area is 208 Å². The van der Waals surface area contributed by atoms with Crippen molar-refractivity contribution in [2.45, 2.75) is 65.8 Å². The van der Waals surface area contributed by atoms with Gasteiger partial charge in [0, 0.05) is 44.5 Å². The number of nitrogens with one attached hydrogen (secondary N) is 1. The number of ether oxygens (including phenoxy) is 2. The van der Waals surface area contributed by atoms with E-state index in [1.54, 1.807) is 4.90 Å². The van der Waals surface area contributed by atoms with Crippen LogP contribution in [0.15, 0.2) is 42.6 Å². The molecule has 8 heteroatoms. The largest absolute Gasteiger partial charge is 0.444 e. The van der Waals surface area contributed by atoms with Crippen LogP contribution >= 0.6 is 0 Å². The van der Waals surface area contributed by atoms with Crippen LogP contribution in [-0.4, -0.2) is 64.4 Å². The molecule has 1 fully saturated rings. The van der Waals surface area contributed by atoms with Crippen LogP contribution in [0, 0.1) is 0 Å². The fourth-order valence-electron chi connectivity index (χ4n) is 3.70. The molecule has 190 valence electrons. The van der Waals surface area contributed by atoms with Crippen molar-refractivity contribution < 1.29 is 19.1 Å². The van der Waals surface area contributed by atoms with E-state index in [-0.39, 0.29) is 6.09 Å². The lowest BCUT2D eigenvalue weighted by Crippen LogP contribution is -2.49. The number of benzene rings is 1. The van der Waals surface area contributed by atoms with E-state index in [2.05, 4.69) is 39.5 Å². The van der Waals surface area contributed by atoms with Gasteiger partial charge in [0.1, 0.15) is 11.2 Å². The van der Waals surface area contributed by atoms with E-state index in [4.69, 9.17) is 9.47 Å². The van der Waals surface area contributed by atoms with Gasteiger partial charge in [0.25, 0.3) is 0 Å². The molecule has 2 aromatic rings. The molecule has 0 saturated carbocycles. The Hall–Kier alpha value is -3.13. The zero-order valence-electron chi connectivity index (χ0n) is 21.8. The number of aromatic nitrogens is 1. The zero-order chi connectivity index (χ0) is 25.6. The Bertz CT molecular complexity index is 1000. The summed E-state index contributed by atoms with van der Waals surface area (Å²) in [6.07, 6.45) is 1.13. The molecule has 3 rings (SSSR count). The maximum absolute atomic E-state index is 12.3. The Morgan fingerprint density at radius 3 is 2.20 bits per heavy atom. The van der Waals surface area contributed by atoms with Crippen LogP contribution in [0.25, 0.3) is 11.1 Å². The van der Waals surface area contributed by atoms with Crippen LogP contribution in [-0.2, 0) is 22.6 Å². The number of hydrogen-bond donors (Lipinski definition) is 1. The van der Waals surface area contributed by atoms with Gasteiger partial charge >= 0.3 is 12.2 Å². The van der Waals surface area contributed by atoms with Crippen molar-refractivity contribution in [2.75, 3.05) is 26.2 Å². The topological polar surface area (TPSA) is 84.0 Å². The Balaban J connectivity index is 1.52. The van der Waals surface area contributed by atoms with E-state index in [1.807, 2.05) is 59.9 Å². The van der Waals surface area contributed by atoms with Crippen molar-refractivity contribution in [1.82, 2.24) is 20.1 Å². The SMILES string of the molecule is CC(C)(C)OC(=O)NCc1ccc(-c2cccc(CN3CCN(C(=O)OC(C)(C)C)CC3)c2)cn1. The summed E-state index contributed by atoms with van der Waals surface area (Å²) >= 11 is 0. The van der Waals surface area contributed by atoms with Crippen molar-refractivity contribution in [2.24, 2.45) is 0 Å². The van der Waals surface area contributed by atoms with E-state index in [0.717, 1.165) is 36.5 Å². The molecule has 1 N–H and O–H groups in total. The smallest absolute Gasteiger partial charge is 0.410 e. The predicted octanol–water partition coefficient (Wildman–Crippen LogP) is 4.83. The average Bonchev–Trinajstić information content (AvgIpc) is 2.76. The highest BCUT2D eigenvalue weighted by atomic mass is 16.6. The van der Waals surface area contributed by atoms with Gasteiger partial charge in [-0.15, -0.1) is 0 Å². The van der Waals surface area contributed by atoms with E-state index in [9.17, 15) is 9.59 Å². The molecule has 0 atom stereocenters. The Morgan fingerprint density at radius 2 is 1.60 bits per heavy atom. The third-order valence-corrected chi connectivity index (χ3v) is 5.33. The van der Waals surface area contributed by atoms with Crippen molar-refractivity contribution in [3.63, 3.8) is 0 Å². The summed E-state index contributed by atoms with van der Waals surface area (Å²) in [7, 11) is 0. The summed E-state index contributed by atoms with van der Waals surface area (Å²) in [6.45, 7) is 15.2. The lowest BCUT2D eigenvalue weighted by molar-refractivity contribution is 0.0139. The van der Waals surface area contributed by atoms with Crippen LogP contribution < -0.4 is 5.32 Å². The maximum Gasteiger partial charge on any atom is 0.410 e. The summed E-state index contributed by atoms with van der Waals surface area (Å²) < 4.78 is 10.7. The fraction of sp³-hybridized carbons (Fsp3) is 0.519. The van der Waals surface area contributed by atoms with Gasteiger partial charge in [-0.1, -0.05) is 24.3 Å². The van der Waals surface area contributed by atoms with Gasteiger partial charge in [0.05, 0.1) is 12.2 Å². The second-order valence-corrected chi connectivity index (χ2v) is 10.8. The molecule has 8 nitrogen and oxygen atoms in total. The quantitative estimate of drug-likeness (QED) is 0.657. The Kier molecular flexibility index (Phi) is 8.38. The molecule has 1 aliphatic heterocycles. The van der Waals surface area contributed by atoms with Gasteiger partial charge < -0.3 is 19.7 Å². The van der Waals surface area contributed by atoms with E-state index >= 15 is 0 Å². The number of alkyl carbamates (subject to hydrolysis) is 1. The molecule has 35 heavy (non-hydrogen) atoms. The third kappa shape index (κ3) is 8.87. The monoisotopic (exact) mass is 482 g/mol. The van der Waals surface area contributed by atoms with E-state index in [0.29, 0.717) is 19.6 Å². The minimum absolute atomic E-state index is 0.239. The minimum atomic E-state index is -0.530. The molecule has 2 heterocycles. The lowest BCUT2D eigenvalue weighted by atomic mass is 10.0. The van der Waals surface area contributed by atoms with E-state index < -0.39 is 17.3 Å². The number of pyridine rings is 1. The standard InChI is InChI=1S/C27H38N4O4/c1-26(2,3)34-24(32)29-18-23-11-10-22(17-28-23)21-9-7-8-20(16-21)19-30-12-14-31(15-13-30)25(33)35-27(4,5)6/h7-11,16-17H,12-15,18-19H2,1-6H3,(H,29,32). The zero-order valence-corrected chi connectivity index (χ0v) is 21.8. The molecule has 1 aromatic heterocycles. The molecular formula is C27H38N4O4. The molecule has 0 spiro atoms. The van der Waals surface area contributed by atoms with Crippen LogP contribution in [0.1, 0.15) is 52.8 Å². The molecule has 0 aliphatic carbocycles. The highest BCUT2D eigenvalue weighted by Gasteiger charge is 2.25. The second-order valence-electron chi connectivity index (χ2n) is 10.8. The van der Waals surface area contributed by atoms with Crippen molar-refractivity contribution in [3.8, 4) is 11.1 Å². The molecule has 2 amide bonds. The normalized spacial score (nSPS) is 15.0. The molecular weight excluding hydrogens is 444 g/mol. The van der Waals surface area contributed by atoms with Gasteiger partial charge in [-0.05, 0) is 64.8 Å². The maximum atomic E-state index is 12.3. The highest BCUT2D eigenvalue weighted by Crippen LogP contribution is 2.21. The first-order chi connectivity index (χ1) is 16.4. The Morgan fingerprint density at radius 1 is 0.914 bits per heavy atom. The highest BCUT2D eigenvalue weighted by molar-refractivity contribution is 5.68. The number of amides is 2. The van der Waals surface area contributed by atoms with Crippen LogP contribution in [0.4, 0.5) is 9.59 Å². The van der Waals surface area contributed by atoms with Crippen molar-refractivity contribution in [3.05, 3.63) is 53.9 Å². The summed E-state index contributed by atoms with van der Waals surface area (Å²) in [5.41, 5.74) is 3.08. The van der Waals surface area contributed by atoms with Crippen LogP contribution in [0.3, 0.4) is 0 Å². The number of nitrogens with zero attached hydrogens (tertiary/aromatic N) is 3. The summed E-state index contributed by atoms with van der Waals surface area (Å²) in [5.74, 6) is 0. The molecule has 1 aliphatic rings. The third-order valence-electron chi connectivity index (χ3n) is 5.33. The first kappa shape index (κ1) is 26.5. The molecule has 0 radical (unpaired) electrons. The summed E-state index contributed by atoms with van der Waals surface area (Å²) in [4.78, 5) is 32.7. The average molecular weight is 483 g/mol. The van der Waals surface area contributed by atoms with Crippen LogP contribution in [0.2, 0.25) is 0 Å². The summed E-state index contributed by atoms with van der Waals surface area (Å²) in [5, 5.41) is 2.73. The molecule has 0 bridgehead atoms. The summed E-state index contributed by atoms with van der Waals surface area (Å²) in [6, 6.07) is 12.3.